The lowest BCUT2D eigenvalue weighted by Crippen LogP contribution is -2.45. The molecule has 1 N–H and O–H groups in total. The third-order valence-electron chi connectivity index (χ3n) is 4.27. The topological polar surface area (TPSA) is 45.5 Å². The number of piperazine rings is 1. The lowest BCUT2D eigenvalue weighted by atomic mass is 10.0. The standard InChI is InChI=1S/C17H18ClN5/c18-15-5-2-1-4-14(15)16-10-19-7-9-22(16)11-13-12-23-8-3-6-20-17(23)21-13/h1-6,8,12,16,19H,7,9-11H2. The molecule has 118 valence electrons. The molecule has 23 heavy (non-hydrogen) atoms. The molecule has 3 heterocycles. The Balaban J connectivity index is 1.61. The summed E-state index contributed by atoms with van der Waals surface area (Å²) < 4.78 is 1.96. The summed E-state index contributed by atoms with van der Waals surface area (Å²) in [6.07, 6.45) is 5.79. The van der Waals surface area contributed by atoms with E-state index in [0.29, 0.717) is 0 Å². The largest absolute Gasteiger partial charge is 0.314 e. The quantitative estimate of drug-likeness (QED) is 0.803. The molecule has 1 atom stereocenters. The summed E-state index contributed by atoms with van der Waals surface area (Å²) in [5, 5.41) is 4.29. The molecule has 5 nitrogen and oxygen atoms in total. The molecule has 4 rings (SSSR count). The van der Waals surface area contributed by atoms with Crippen molar-refractivity contribution >= 4 is 17.4 Å². The van der Waals surface area contributed by atoms with Crippen LogP contribution in [0.25, 0.3) is 5.78 Å². The average molecular weight is 328 g/mol. The number of imidazole rings is 1. The van der Waals surface area contributed by atoms with Crippen LogP contribution in [0, 0.1) is 0 Å². The lowest BCUT2D eigenvalue weighted by Gasteiger charge is -2.36. The summed E-state index contributed by atoms with van der Waals surface area (Å²) in [7, 11) is 0. The van der Waals surface area contributed by atoms with Gasteiger partial charge >= 0.3 is 0 Å². The zero-order chi connectivity index (χ0) is 15.6. The zero-order valence-corrected chi connectivity index (χ0v) is 13.4. The maximum Gasteiger partial charge on any atom is 0.233 e. The summed E-state index contributed by atoms with van der Waals surface area (Å²) in [5.74, 6) is 0.743. The fourth-order valence-electron chi connectivity index (χ4n) is 3.15. The van der Waals surface area contributed by atoms with Gasteiger partial charge in [-0.15, -0.1) is 0 Å². The molecule has 0 spiro atoms. The van der Waals surface area contributed by atoms with E-state index in [0.717, 1.165) is 42.7 Å². The van der Waals surface area contributed by atoms with Crippen LogP contribution in [-0.2, 0) is 6.54 Å². The van der Waals surface area contributed by atoms with Crippen LogP contribution in [-0.4, -0.2) is 38.9 Å². The summed E-state index contributed by atoms with van der Waals surface area (Å²) in [6, 6.07) is 10.3. The van der Waals surface area contributed by atoms with Crippen LogP contribution in [0.3, 0.4) is 0 Å². The van der Waals surface area contributed by atoms with Gasteiger partial charge in [0.15, 0.2) is 0 Å². The normalized spacial score (nSPS) is 19.3. The summed E-state index contributed by atoms with van der Waals surface area (Å²) in [4.78, 5) is 11.3. The molecule has 1 fully saturated rings. The van der Waals surface area contributed by atoms with E-state index in [1.807, 2.05) is 41.1 Å². The van der Waals surface area contributed by atoms with Gasteiger partial charge in [-0.2, -0.15) is 0 Å². The highest BCUT2D eigenvalue weighted by atomic mass is 35.5. The second-order valence-corrected chi connectivity index (χ2v) is 6.18. The van der Waals surface area contributed by atoms with Crippen molar-refractivity contribution in [2.45, 2.75) is 12.6 Å². The van der Waals surface area contributed by atoms with Gasteiger partial charge in [0.1, 0.15) is 0 Å². The van der Waals surface area contributed by atoms with Crippen molar-refractivity contribution in [3.63, 3.8) is 0 Å². The molecule has 1 unspecified atom stereocenters. The number of rotatable bonds is 3. The first-order valence-electron chi connectivity index (χ1n) is 7.79. The fourth-order valence-corrected chi connectivity index (χ4v) is 3.41. The fraction of sp³-hybridized carbons (Fsp3) is 0.294. The second kappa shape index (κ2) is 6.28. The zero-order valence-electron chi connectivity index (χ0n) is 12.7. The van der Waals surface area contributed by atoms with E-state index in [4.69, 9.17) is 11.6 Å². The van der Waals surface area contributed by atoms with Crippen molar-refractivity contribution in [2.75, 3.05) is 19.6 Å². The Morgan fingerprint density at radius 3 is 3.04 bits per heavy atom. The van der Waals surface area contributed by atoms with Crippen molar-refractivity contribution in [1.29, 1.82) is 0 Å². The van der Waals surface area contributed by atoms with Crippen LogP contribution < -0.4 is 5.32 Å². The third-order valence-corrected chi connectivity index (χ3v) is 4.61. The molecular formula is C17H18ClN5. The molecule has 0 radical (unpaired) electrons. The molecule has 6 heteroatoms. The number of fused-ring (bicyclic) bond motifs is 1. The Hall–Kier alpha value is -1.95. The molecule has 2 aromatic heterocycles. The molecule has 3 aromatic rings. The van der Waals surface area contributed by atoms with E-state index in [9.17, 15) is 0 Å². The molecule has 1 aliphatic heterocycles. The monoisotopic (exact) mass is 327 g/mol. The highest BCUT2D eigenvalue weighted by Gasteiger charge is 2.26. The number of nitrogens with zero attached hydrogens (tertiary/aromatic N) is 4. The Kier molecular flexibility index (Phi) is 3.99. The van der Waals surface area contributed by atoms with E-state index in [1.165, 1.54) is 5.56 Å². The molecule has 1 aliphatic rings. The smallest absolute Gasteiger partial charge is 0.233 e. The van der Waals surface area contributed by atoms with Crippen molar-refractivity contribution < 1.29 is 0 Å². The van der Waals surface area contributed by atoms with Crippen LogP contribution in [0.15, 0.2) is 48.9 Å². The van der Waals surface area contributed by atoms with Crippen molar-refractivity contribution in [3.05, 3.63) is 65.2 Å². The van der Waals surface area contributed by atoms with E-state index in [1.54, 1.807) is 6.20 Å². The highest BCUT2D eigenvalue weighted by Crippen LogP contribution is 2.29. The summed E-state index contributed by atoms with van der Waals surface area (Å²) in [5.41, 5.74) is 2.20. The SMILES string of the molecule is Clc1ccccc1C1CNCCN1Cc1cn2cccnc2n1. The molecule has 1 saturated heterocycles. The molecule has 0 saturated carbocycles. The van der Waals surface area contributed by atoms with Crippen molar-refractivity contribution in [3.8, 4) is 0 Å². The minimum absolute atomic E-state index is 0.259. The van der Waals surface area contributed by atoms with Crippen LogP contribution in [0.1, 0.15) is 17.3 Å². The van der Waals surface area contributed by atoms with Gasteiger partial charge in [-0.25, -0.2) is 9.97 Å². The molecule has 0 bridgehead atoms. The number of hydrogen-bond donors (Lipinski definition) is 1. The van der Waals surface area contributed by atoms with Gasteiger partial charge < -0.3 is 5.32 Å². The van der Waals surface area contributed by atoms with Gasteiger partial charge in [-0.1, -0.05) is 29.8 Å². The molecule has 1 aromatic carbocycles. The Morgan fingerprint density at radius 2 is 2.17 bits per heavy atom. The minimum Gasteiger partial charge on any atom is -0.314 e. The summed E-state index contributed by atoms with van der Waals surface area (Å²) in [6.45, 7) is 3.64. The van der Waals surface area contributed by atoms with Crippen LogP contribution >= 0.6 is 11.6 Å². The van der Waals surface area contributed by atoms with Crippen molar-refractivity contribution in [1.82, 2.24) is 24.6 Å². The van der Waals surface area contributed by atoms with E-state index >= 15 is 0 Å². The van der Waals surface area contributed by atoms with E-state index in [2.05, 4.69) is 26.3 Å². The minimum atomic E-state index is 0.259. The van der Waals surface area contributed by atoms with Gasteiger partial charge in [0.25, 0.3) is 0 Å². The maximum atomic E-state index is 6.41. The van der Waals surface area contributed by atoms with Crippen molar-refractivity contribution in [2.24, 2.45) is 0 Å². The van der Waals surface area contributed by atoms with Gasteiger partial charge in [0.2, 0.25) is 5.78 Å². The van der Waals surface area contributed by atoms with E-state index < -0.39 is 0 Å². The Labute approximate surface area is 139 Å². The van der Waals surface area contributed by atoms with Gasteiger partial charge in [-0.3, -0.25) is 9.30 Å². The first kappa shape index (κ1) is 14.6. The maximum absolute atomic E-state index is 6.41. The second-order valence-electron chi connectivity index (χ2n) is 5.77. The Bertz CT molecular complexity index is 782. The number of nitrogens with one attached hydrogen (secondary N) is 1. The highest BCUT2D eigenvalue weighted by molar-refractivity contribution is 6.31. The van der Waals surface area contributed by atoms with Gasteiger partial charge in [-0.05, 0) is 17.7 Å². The Morgan fingerprint density at radius 1 is 1.26 bits per heavy atom. The molecular weight excluding hydrogens is 310 g/mol. The van der Waals surface area contributed by atoms with Gasteiger partial charge in [0.05, 0.1) is 5.69 Å². The average Bonchev–Trinajstić information content (AvgIpc) is 2.98. The number of aromatic nitrogens is 3. The van der Waals surface area contributed by atoms with Crippen LogP contribution in [0.2, 0.25) is 5.02 Å². The predicted octanol–water partition coefficient (Wildman–Crippen LogP) is 2.53. The first-order valence-corrected chi connectivity index (χ1v) is 8.17. The van der Waals surface area contributed by atoms with Crippen LogP contribution in [0.4, 0.5) is 0 Å². The third kappa shape index (κ3) is 2.95. The number of halogens is 1. The summed E-state index contributed by atoms with van der Waals surface area (Å²) >= 11 is 6.41. The first-order chi connectivity index (χ1) is 11.3. The number of hydrogen-bond acceptors (Lipinski definition) is 4. The van der Waals surface area contributed by atoms with Gasteiger partial charge in [0, 0.05) is 55.8 Å². The van der Waals surface area contributed by atoms with E-state index in [-0.39, 0.29) is 6.04 Å². The molecule has 0 aliphatic carbocycles. The predicted molar refractivity (Wildman–Crippen MR) is 90.5 cm³/mol. The van der Waals surface area contributed by atoms with Crippen LogP contribution in [0.5, 0.6) is 0 Å². The number of benzene rings is 1. The lowest BCUT2D eigenvalue weighted by molar-refractivity contribution is 0.152. The molecule has 0 amide bonds.